The second-order valence-electron chi connectivity index (χ2n) is 5.93. The molecule has 2 rings (SSSR count). The van der Waals surface area contributed by atoms with Crippen molar-refractivity contribution in [3.05, 3.63) is 53.1 Å². The fourth-order valence-corrected chi connectivity index (χ4v) is 3.94. The number of benzene rings is 2. The van der Waals surface area contributed by atoms with E-state index in [1.54, 1.807) is 25.1 Å². The van der Waals surface area contributed by atoms with Crippen molar-refractivity contribution in [2.45, 2.75) is 35.4 Å². The average Bonchev–Trinajstić information content (AvgIpc) is 2.55. The van der Waals surface area contributed by atoms with Crippen LogP contribution < -0.4 is 5.32 Å². The monoisotopic (exact) mass is 421 g/mol. The number of rotatable bonds is 4. The van der Waals surface area contributed by atoms with Crippen molar-refractivity contribution in [3.8, 4) is 0 Å². The van der Waals surface area contributed by atoms with Gasteiger partial charge in [0.2, 0.25) is 15.4 Å². The minimum atomic E-state index is -5.20. The molecule has 0 bridgehead atoms. The quantitative estimate of drug-likeness (QED) is 0.787. The number of carbonyl (C=O) groups excluding carboxylic acids is 1. The Morgan fingerprint density at radius 3 is 2.26 bits per heavy atom. The molecule has 146 valence electrons. The summed E-state index contributed by atoms with van der Waals surface area (Å²) in [6.07, 6.45) is -5.20. The van der Waals surface area contributed by atoms with Crippen molar-refractivity contribution < 1.29 is 31.5 Å². The minimum Gasteiger partial charge on any atom is -0.373 e. The molecule has 5 nitrogen and oxygen atoms in total. The van der Waals surface area contributed by atoms with E-state index in [2.05, 4.69) is 0 Å². The van der Waals surface area contributed by atoms with Gasteiger partial charge in [0.1, 0.15) is 0 Å². The first kappa shape index (κ1) is 21.2. The maximum absolute atomic E-state index is 12.7. The normalized spacial score (nSPS) is 14.5. The highest BCUT2D eigenvalue weighted by Crippen LogP contribution is 2.33. The zero-order chi connectivity index (χ0) is 20.6. The van der Waals surface area contributed by atoms with Crippen molar-refractivity contribution in [2.24, 2.45) is 0 Å². The van der Waals surface area contributed by atoms with Gasteiger partial charge in [-0.05, 0) is 43.7 Å². The van der Waals surface area contributed by atoms with E-state index < -0.39 is 27.5 Å². The number of alkyl halides is 3. The van der Waals surface area contributed by atoms with E-state index in [-0.39, 0.29) is 20.5 Å². The van der Waals surface area contributed by atoms with Crippen molar-refractivity contribution in [3.63, 3.8) is 0 Å². The number of anilines is 1. The van der Waals surface area contributed by atoms with Gasteiger partial charge in [0, 0.05) is 0 Å². The second-order valence-corrected chi connectivity index (χ2v) is 8.26. The number of hydrogen-bond acceptors (Lipinski definition) is 4. The molecule has 0 radical (unpaired) electrons. The standard InChI is InChI=1S/C17H15ClF3NO4S/c1-10-5-3-4-6-14(10)27(25,26)11-7-8-13(12(18)9-11)22-15(23)16(2,24)17(19,20)21/h3-9,24H,1-2H3,(H,22,23)/t16-/m1/s1. The molecular weight excluding hydrogens is 407 g/mol. The van der Waals surface area contributed by atoms with Gasteiger partial charge < -0.3 is 10.4 Å². The molecule has 2 aromatic rings. The fraction of sp³-hybridized carbons (Fsp3) is 0.235. The van der Waals surface area contributed by atoms with Crippen LogP contribution in [0, 0.1) is 6.92 Å². The predicted octanol–water partition coefficient (Wildman–Crippen LogP) is 3.73. The molecule has 0 aliphatic heterocycles. The summed E-state index contributed by atoms with van der Waals surface area (Å²) < 4.78 is 63.5. The van der Waals surface area contributed by atoms with Gasteiger partial charge in [0.15, 0.2) is 0 Å². The third kappa shape index (κ3) is 4.10. The SMILES string of the molecule is Cc1ccccc1S(=O)(=O)c1ccc(NC(=O)[C@@](C)(O)C(F)(F)F)c(Cl)c1. The van der Waals surface area contributed by atoms with Gasteiger partial charge in [-0.3, -0.25) is 4.79 Å². The van der Waals surface area contributed by atoms with E-state index in [1.165, 1.54) is 6.07 Å². The van der Waals surface area contributed by atoms with Gasteiger partial charge in [0.05, 0.1) is 20.5 Å². The minimum absolute atomic E-state index is 0.0536. The molecule has 0 saturated carbocycles. The summed E-state index contributed by atoms with van der Waals surface area (Å²) in [6.45, 7) is 1.91. The lowest BCUT2D eigenvalue weighted by Gasteiger charge is -2.25. The lowest BCUT2D eigenvalue weighted by atomic mass is 10.1. The Morgan fingerprint density at radius 1 is 1.15 bits per heavy atom. The van der Waals surface area contributed by atoms with E-state index in [1.807, 2.05) is 5.32 Å². The predicted molar refractivity (Wildman–Crippen MR) is 93.4 cm³/mol. The largest absolute Gasteiger partial charge is 0.426 e. The third-order valence-corrected chi connectivity index (χ3v) is 6.10. The molecule has 0 spiro atoms. The van der Waals surface area contributed by atoms with Crippen LogP contribution in [0.4, 0.5) is 18.9 Å². The maximum atomic E-state index is 12.7. The van der Waals surface area contributed by atoms with Gasteiger partial charge in [-0.1, -0.05) is 29.8 Å². The fourth-order valence-electron chi connectivity index (χ4n) is 2.12. The first-order chi connectivity index (χ1) is 12.3. The summed E-state index contributed by atoms with van der Waals surface area (Å²) in [6, 6.07) is 9.42. The van der Waals surface area contributed by atoms with Crippen LogP contribution in [0.1, 0.15) is 12.5 Å². The first-order valence-electron chi connectivity index (χ1n) is 7.49. The molecule has 2 aromatic carbocycles. The Bertz CT molecular complexity index is 988. The lowest BCUT2D eigenvalue weighted by Crippen LogP contribution is -2.52. The number of aliphatic hydroxyl groups is 1. The summed E-state index contributed by atoms with van der Waals surface area (Å²) in [5.74, 6) is -1.74. The molecule has 0 heterocycles. The summed E-state index contributed by atoms with van der Waals surface area (Å²) in [7, 11) is -3.92. The number of nitrogens with one attached hydrogen (secondary N) is 1. The molecule has 0 fully saturated rings. The van der Waals surface area contributed by atoms with Crippen molar-refractivity contribution >= 4 is 33.0 Å². The number of amides is 1. The van der Waals surface area contributed by atoms with E-state index in [4.69, 9.17) is 11.6 Å². The molecule has 1 atom stereocenters. The molecular formula is C17H15ClF3NO4S. The summed E-state index contributed by atoms with van der Waals surface area (Å²) in [5, 5.41) is 10.9. The molecule has 0 aliphatic rings. The summed E-state index contributed by atoms with van der Waals surface area (Å²) in [4.78, 5) is 11.6. The highest BCUT2D eigenvalue weighted by atomic mass is 35.5. The number of carbonyl (C=O) groups is 1. The van der Waals surface area contributed by atoms with Crippen LogP contribution >= 0.6 is 11.6 Å². The Labute approximate surface area is 158 Å². The summed E-state index contributed by atoms with van der Waals surface area (Å²) >= 11 is 5.93. The van der Waals surface area contributed by atoms with Crippen molar-refractivity contribution in [1.82, 2.24) is 0 Å². The van der Waals surface area contributed by atoms with Gasteiger partial charge in [0.25, 0.3) is 5.91 Å². The van der Waals surface area contributed by atoms with E-state index >= 15 is 0 Å². The summed E-state index contributed by atoms with van der Waals surface area (Å²) in [5.41, 5.74) is -3.40. The van der Waals surface area contributed by atoms with E-state index in [9.17, 15) is 31.5 Å². The topological polar surface area (TPSA) is 83.5 Å². The average molecular weight is 422 g/mol. The molecule has 2 N–H and O–H groups in total. The maximum Gasteiger partial charge on any atom is 0.426 e. The third-order valence-electron chi connectivity index (χ3n) is 3.88. The van der Waals surface area contributed by atoms with Crippen molar-refractivity contribution in [2.75, 3.05) is 5.32 Å². The highest BCUT2D eigenvalue weighted by molar-refractivity contribution is 7.91. The Morgan fingerprint density at radius 2 is 1.74 bits per heavy atom. The zero-order valence-electron chi connectivity index (χ0n) is 14.1. The first-order valence-corrected chi connectivity index (χ1v) is 9.35. The Kier molecular flexibility index (Phi) is 5.61. The lowest BCUT2D eigenvalue weighted by molar-refractivity contribution is -0.242. The van der Waals surface area contributed by atoms with Gasteiger partial charge in [-0.25, -0.2) is 8.42 Å². The number of hydrogen-bond donors (Lipinski definition) is 2. The Balaban J connectivity index is 2.37. The number of aryl methyl sites for hydroxylation is 1. The van der Waals surface area contributed by atoms with Gasteiger partial charge in [-0.15, -0.1) is 0 Å². The smallest absolute Gasteiger partial charge is 0.373 e. The van der Waals surface area contributed by atoms with E-state index in [0.717, 1.165) is 18.2 Å². The molecule has 27 heavy (non-hydrogen) atoms. The Hall–Kier alpha value is -2.10. The highest BCUT2D eigenvalue weighted by Gasteiger charge is 2.55. The van der Waals surface area contributed by atoms with Crippen LogP contribution in [0.3, 0.4) is 0 Å². The second kappa shape index (κ2) is 7.14. The molecule has 0 aromatic heterocycles. The van der Waals surface area contributed by atoms with Gasteiger partial charge in [-0.2, -0.15) is 13.2 Å². The number of halogens is 4. The van der Waals surface area contributed by atoms with E-state index in [0.29, 0.717) is 12.5 Å². The molecule has 0 aliphatic carbocycles. The van der Waals surface area contributed by atoms with Crippen LogP contribution in [0.5, 0.6) is 0 Å². The zero-order valence-corrected chi connectivity index (χ0v) is 15.7. The molecule has 10 heteroatoms. The van der Waals surface area contributed by atoms with Crippen LogP contribution in [0.2, 0.25) is 5.02 Å². The van der Waals surface area contributed by atoms with Crippen LogP contribution in [-0.4, -0.2) is 31.2 Å². The van der Waals surface area contributed by atoms with Gasteiger partial charge >= 0.3 is 6.18 Å². The van der Waals surface area contributed by atoms with Crippen LogP contribution in [-0.2, 0) is 14.6 Å². The van der Waals surface area contributed by atoms with Crippen molar-refractivity contribution in [1.29, 1.82) is 0 Å². The molecule has 0 unspecified atom stereocenters. The molecule has 0 saturated heterocycles. The van der Waals surface area contributed by atoms with Crippen LogP contribution in [0.15, 0.2) is 52.3 Å². The number of sulfone groups is 1. The van der Waals surface area contributed by atoms with Crippen LogP contribution in [0.25, 0.3) is 0 Å². The molecule has 1 amide bonds.